The maximum absolute atomic E-state index is 11.5. The van der Waals surface area contributed by atoms with Crippen molar-refractivity contribution in [2.75, 3.05) is 6.61 Å². The van der Waals surface area contributed by atoms with Crippen molar-refractivity contribution < 1.29 is 9.53 Å². The molecule has 1 N–H and O–H groups in total. The van der Waals surface area contributed by atoms with Crippen LogP contribution in [0.25, 0.3) is 0 Å². The molecule has 0 bridgehead atoms. The highest BCUT2D eigenvalue weighted by atomic mass is 35.5. The second kappa shape index (κ2) is 8.28. The zero-order valence-corrected chi connectivity index (χ0v) is 12.7. The van der Waals surface area contributed by atoms with E-state index in [1.165, 1.54) is 0 Å². The second-order valence-corrected chi connectivity index (χ2v) is 5.25. The van der Waals surface area contributed by atoms with Crippen LogP contribution in [0, 0.1) is 0 Å². The Morgan fingerprint density at radius 2 is 2.16 bits per heavy atom. The van der Waals surface area contributed by atoms with E-state index in [1.54, 1.807) is 18.2 Å². The lowest BCUT2D eigenvalue weighted by Crippen LogP contribution is -2.31. The lowest BCUT2D eigenvalue weighted by molar-refractivity contribution is -0.121. The van der Waals surface area contributed by atoms with E-state index in [0.29, 0.717) is 35.2 Å². The Morgan fingerprint density at radius 3 is 2.79 bits per heavy atom. The number of benzene rings is 1. The maximum atomic E-state index is 11.5. The van der Waals surface area contributed by atoms with Gasteiger partial charge in [-0.25, -0.2) is 0 Å². The fourth-order valence-corrected chi connectivity index (χ4v) is 1.92. The molecule has 1 aromatic carbocycles. The zero-order chi connectivity index (χ0) is 14.3. The van der Waals surface area contributed by atoms with E-state index in [4.69, 9.17) is 27.9 Å². The molecule has 0 radical (unpaired) electrons. The number of nitrogens with one attached hydrogen (secondary N) is 1. The first-order valence-electron chi connectivity index (χ1n) is 6.40. The molecule has 0 aromatic heterocycles. The van der Waals surface area contributed by atoms with Crippen LogP contribution in [0.15, 0.2) is 18.2 Å². The van der Waals surface area contributed by atoms with Crippen LogP contribution < -0.4 is 10.1 Å². The average Bonchev–Trinajstić information content (AvgIpc) is 2.36. The number of halogens is 2. The van der Waals surface area contributed by atoms with Gasteiger partial charge in [-0.3, -0.25) is 4.79 Å². The topological polar surface area (TPSA) is 38.3 Å². The lowest BCUT2D eigenvalue weighted by atomic mass is 10.2. The number of ether oxygens (including phenoxy) is 1. The molecule has 1 rings (SSSR count). The molecule has 0 aliphatic carbocycles. The van der Waals surface area contributed by atoms with Crippen molar-refractivity contribution in [2.24, 2.45) is 0 Å². The Kier molecular flexibility index (Phi) is 7.03. The van der Waals surface area contributed by atoms with Gasteiger partial charge in [-0.15, -0.1) is 0 Å². The van der Waals surface area contributed by atoms with Crippen LogP contribution in [-0.4, -0.2) is 18.6 Å². The summed E-state index contributed by atoms with van der Waals surface area (Å²) >= 11 is 11.8. The van der Waals surface area contributed by atoms with Gasteiger partial charge in [0.05, 0.1) is 11.6 Å². The third kappa shape index (κ3) is 6.17. The summed E-state index contributed by atoms with van der Waals surface area (Å²) in [6.45, 7) is 4.48. The smallest absolute Gasteiger partial charge is 0.220 e. The molecule has 5 heteroatoms. The molecule has 0 aliphatic rings. The van der Waals surface area contributed by atoms with Crippen LogP contribution in [0.3, 0.4) is 0 Å². The number of hydrogen-bond acceptors (Lipinski definition) is 2. The Hall–Kier alpha value is -0.930. The number of carbonyl (C=O) groups is 1. The highest BCUT2D eigenvalue weighted by molar-refractivity contribution is 6.35. The summed E-state index contributed by atoms with van der Waals surface area (Å²) in [5.74, 6) is 0.647. The van der Waals surface area contributed by atoms with Crippen molar-refractivity contribution in [3.05, 3.63) is 28.2 Å². The van der Waals surface area contributed by atoms with E-state index in [-0.39, 0.29) is 11.9 Å². The quantitative estimate of drug-likeness (QED) is 0.771. The van der Waals surface area contributed by atoms with Gasteiger partial charge in [0.2, 0.25) is 5.91 Å². The van der Waals surface area contributed by atoms with Gasteiger partial charge in [-0.05, 0) is 38.0 Å². The number of carbonyl (C=O) groups excluding carboxylic acids is 1. The minimum Gasteiger partial charge on any atom is -0.492 e. The molecule has 0 saturated heterocycles. The summed E-state index contributed by atoms with van der Waals surface area (Å²) < 4.78 is 5.50. The van der Waals surface area contributed by atoms with Crippen molar-refractivity contribution >= 4 is 29.1 Å². The van der Waals surface area contributed by atoms with Gasteiger partial charge in [0.1, 0.15) is 5.75 Å². The van der Waals surface area contributed by atoms with E-state index in [0.717, 1.165) is 6.42 Å². The van der Waals surface area contributed by atoms with Crippen LogP contribution in [-0.2, 0) is 4.79 Å². The SMILES string of the molecule is CCC(C)NC(=O)CCCOc1ccc(Cl)cc1Cl. The molecule has 19 heavy (non-hydrogen) atoms. The highest BCUT2D eigenvalue weighted by Gasteiger charge is 2.06. The Balaban J connectivity index is 2.25. The summed E-state index contributed by atoms with van der Waals surface area (Å²) in [7, 11) is 0. The number of hydrogen-bond donors (Lipinski definition) is 1. The zero-order valence-electron chi connectivity index (χ0n) is 11.2. The lowest BCUT2D eigenvalue weighted by Gasteiger charge is -2.11. The average molecular weight is 304 g/mol. The molecule has 0 fully saturated rings. The van der Waals surface area contributed by atoms with Crippen LogP contribution >= 0.6 is 23.2 Å². The van der Waals surface area contributed by atoms with Crippen molar-refractivity contribution in [1.29, 1.82) is 0 Å². The van der Waals surface area contributed by atoms with E-state index in [9.17, 15) is 4.79 Å². The molecule has 0 spiro atoms. The molecule has 0 saturated carbocycles. The fraction of sp³-hybridized carbons (Fsp3) is 0.500. The summed E-state index contributed by atoms with van der Waals surface area (Å²) in [6.07, 6.45) is 2.04. The molecule has 106 valence electrons. The number of amides is 1. The molecular formula is C14H19Cl2NO2. The molecule has 1 atom stereocenters. The summed E-state index contributed by atoms with van der Waals surface area (Å²) in [5, 5.41) is 3.97. The second-order valence-electron chi connectivity index (χ2n) is 4.40. The van der Waals surface area contributed by atoms with E-state index < -0.39 is 0 Å². The molecule has 1 aromatic rings. The van der Waals surface area contributed by atoms with Gasteiger partial charge >= 0.3 is 0 Å². The Bertz CT molecular complexity index is 424. The maximum Gasteiger partial charge on any atom is 0.220 e. The molecular weight excluding hydrogens is 285 g/mol. The first kappa shape index (κ1) is 16.1. The minimum absolute atomic E-state index is 0.0557. The van der Waals surface area contributed by atoms with Crippen molar-refractivity contribution in [1.82, 2.24) is 5.32 Å². The van der Waals surface area contributed by atoms with Crippen molar-refractivity contribution in [2.45, 2.75) is 39.2 Å². The molecule has 3 nitrogen and oxygen atoms in total. The first-order valence-corrected chi connectivity index (χ1v) is 7.15. The molecule has 1 amide bonds. The Morgan fingerprint density at radius 1 is 1.42 bits per heavy atom. The van der Waals surface area contributed by atoms with Crippen LogP contribution in [0.1, 0.15) is 33.1 Å². The molecule has 1 unspecified atom stereocenters. The highest BCUT2D eigenvalue weighted by Crippen LogP contribution is 2.27. The van der Waals surface area contributed by atoms with E-state index >= 15 is 0 Å². The Labute approximate surface area is 124 Å². The van der Waals surface area contributed by atoms with Crippen LogP contribution in [0.2, 0.25) is 10.0 Å². The van der Waals surface area contributed by atoms with Gasteiger partial charge in [0.25, 0.3) is 0 Å². The predicted octanol–water partition coefficient (Wildman–Crippen LogP) is 4.07. The van der Waals surface area contributed by atoms with Gasteiger partial charge in [-0.2, -0.15) is 0 Å². The van der Waals surface area contributed by atoms with Gasteiger partial charge in [-0.1, -0.05) is 30.1 Å². The largest absolute Gasteiger partial charge is 0.492 e. The third-order valence-electron chi connectivity index (χ3n) is 2.72. The van der Waals surface area contributed by atoms with Crippen molar-refractivity contribution in [3.8, 4) is 5.75 Å². The predicted molar refractivity (Wildman–Crippen MR) is 79.1 cm³/mol. The summed E-state index contributed by atoms with van der Waals surface area (Å²) in [4.78, 5) is 11.5. The van der Waals surface area contributed by atoms with Gasteiger partial charge in [0.15, 0.2) is 0 Å². The van der Waals surface area contributed by atoms with E-state index in [1.807, 2.05) is 13.8 Å². The fourth-order valence-electron chi connectivity index (χ4n) is 1.46. The summed E-state index contributed by atoms with van der Waals surface area (Å²) in [5.41, 5.74) is 0. The first-order chi connectivity index (χ1) is 9.02. The normalized spacial score (nSPS) is 12.0. The monoisotopic (exact) mass is 303 g/mol. The van der Waals surface area contributed by atoms with Crippen molar-refractivity contribution in [3.63, 3.8) is 0 Å². The van der Waals surface area contributed by atoms with Gasteiger partial charge < -0.3 is 10.1 Å². The molecule has 0 aliphatic heterocycles. The summed E-state index contributed by atoms with van der Waals surface area (Å²) in [6, 6.07) is 5.30. The standard InChI is InChI=1S/C14H19Cl2NO2/c1-3-10(2)17-14(18)5-4-8-19-13-7-6-11(15)9-12(13)16/h6-7,9-10H,3-5,8H2,1-2H3,(H,17,18). The third-order valence-corrected chi connectivity index (χ3v) is 3.25. The van der Waals surface area contributed by atoms with E-state index in [2.05, 4.69) is 5.32 Å². The van der Waals surface area contributed by atoms with Crippen LogP contribution in [0.5, 0.6) is 5.75 Å². The van der Waals surface area contributed by atoms with Gasteiger partial charge in [0, 0.05) is 17.5 Å². The van der Waals surface area contributed by atoms with Crippen LogP contribution in [0.4, 0.5) is 0 Å². The number of rotatable bonds is 7. The minimum atomic E-state index is 0.0557. The molecule has 0 heterocycles.